The molecule has 0 amide bonds. The van der Waals surface area contributed by atoms with Crippen molar-refractivity contribution in [3.63, 3.8) is 0 Å². The average molecular weight is 338 g/mol. The number of hydrogen-bond acceptors (Lipinski definition) is 5. The lowest BCUT2D eigenvalue weighted by atomic mass is 10.2. The van der Waals surface area contributed by atoms with Crippen molar-refractivity contribution in [2.75, 3.05) is 0 Å². The predicted molar refractivity (Wildman–Crippen MR) is 82.3 cm³/mol. The first-order valence-corrected chi connectivity index (χ1v) is 6.86. The molecule has 0 saturated heterocycles. The Morgan fingerprint density at radius 1 is 1.22 bits per heavy atom. The number of nitro groups is 1. The summed E-state index contributed by atoms with van der Waals surface area (Å²) in [6.07, 6.45) is -1.24. The van der Waals surface area contributed by atoms with Gasteiger partial charge in [0.05, 0.1) is 4.92 Å². The smallest absolute Gasteiger partial charge is 0.344 e. The Bertz CT molecular complexity index is 731. The minimum atomic E-state index is -1.24. The van der Waals surface area contributed by atoms with Gasteiger partial charge in [-0.25, -0.2) is 4.79 Å². The van der Waals surface area contributed by atoms with E-state index < -0.39 is 17.0 Å². The van der Waals surface area contributed by atoms with Crippen molar-refractivity contribution >= 4 is 23.3 Å². The second-order valence-electron chi connectivity index (χ2n) is 4.54. The average Bonchev–Trinajstić information content (AvgIpc) is 2.49. The summed E-state index contributed by atoms with van der Waals surface area (Å²) in [6.45, 7) is 1.28. The highest BCUT2D eigenvalue weighted by Gasteiger charge is 2.21. The Balaban J connectivity index is 2.29. The molecule has 1 N–H and O–H groups in total. The fraction of sp³-hybridized carbons (Fsp3) is 0.133. The van der Waals surface area contributed by atoms with Gasteiger partial charge in [-0.15, -0.1) is 0 Å². The van der Waals surface area contributed by atoms with E-state index in [1.54, 1.807) is 24.3 Å². The molecule has 0 saturated carbocycles. The minimum Gasteiger partial charge on any atom is -0.479 e. The SMILES string of the molecule is CC(Oc1cc(Oc2ccc(Cl)cc2)ccc1[N+](=O)[O-])C(=O)O. The lowest BCUT2D eigenvalue weighted by molar-refractivity contribution is -0.386. The minimum absolute atomic E-state index is 0.184. The van der Waals surface area contributed by atoms with Crippen molar-refractivity contribution in [1.29, 1.82) is 0 Å². The Kier molecular flexibility index (Phi) is 5.02. The van der Waals surface area contributed by atoms with Crippen LogP contribution in [0.1, 0.15) is 6.92 Å². The predicted octanol–water partition coefficient (Wildman–Crippen LogP) is 3.89. The summed E-state index contributed by atoms with van der Waals surface area (Å²) in [6, 6.07) is 10.4. The highest BCUT2D eigenvalue weighted by atomic mass is 35.5. The van der Waals surface area contributed by atoms with Crippen LogP contribution < -0.4 is 9.47 Å². The van der Waals surface area contributed by atoms with E-state index >= 15 is 0 Å². The standard InChI is InChI=1S/C15H12ClNO6/c1-9(15(18)19)22-14-8-12(6-7-13(14)17(20)21)23-11-4-2-10(16)3-5-11/h2-9H,1H3,(H,18,19). The third kappa shape index (κ3) is 4.33. The molecule has 0 radical (unpaired) electrons. The number of carbonyl (C=O) groups is 1. The molecule has 120 valence electrons. The highest BCUT2D eigenvalue weighted by molar-refractivity contribution is 6.30. The Morgan fingerprint density at radius 2 is 1.83 bits per heavy atom. The Hall–Kier alpha value is -2.80. The fourth-order valence-electron chi connectivity index (χ4n) is 1.68. The van der Waals surface area contributed by atoms with E-state index in [0.717, 1.165) is 0 Å². The summed E-state index contributed by atoms with van der Waals surface area (Å²) in [7, 11) is 0. The molecule has 0 fully saturated rings. The molecular formula is C15H12ClNO6. The van der Waals surface area contributed by atoms with Crippen LogP contribution in [0.2, 0.25) is 5.02 Å². The normalized spacial score (nSPS) is 11.6. The maximum Gasteiger partial charge on any atom is 0.344 e. The molecule has 0 aromatic heterocycles. The first-order valence-electron chi connectivity index (χ1n) is 6.48. The number of ether oxygens (including phenoxy) is 2. The summed E-state index contributed by atoms with van der Waals surface area (Å²) in [5.74, 6) is -0.675. The summed E-state index contributed by atoms with van der Waals surface area (Å²) in [5.41, 5.74) is -0.346. The molecule has 23 heavy (non-hydrogen) atoms. The zero-order chi connectivity index (χ0) is 17.0. The van der Waals surface area contributed by atoms with Crippen LogP contribution >= 0.6 is 11.6 Å². The Morgan fingerprint density at radius 3 is 2.39 bits per heavy atom. The van der Waals surface area contributed by atoms with E-state index in [4.69, 9.17) is 26.2 Å². The largest absolute Gasteiger partial charge is 0.479 e. The van der Waals surface area contributed by atoms with Crippen molar-refractivity contribution in [2.24, 2.45) is 0 Å². The molecule has 0 aliphatic heterocycles. The second kappa shape index (κ2) is 6.97. The third-order valence-corrected chi connectivity index (χ3v) is 3.08. The van der Waals surface area contributed by atoms with Gasteiger partial charge in [-0.05, 0) is 37.3 Å². The van der Waals surface area contributed by atoms with Gasteiger partial charge in [-0.1, -0.05) is 11.6 Å². The molecule has 0 aliphatic rings. The van der Waals surface area contributed by atoms with Crippen molar-refractivity contribution < 1.29 is 24.3 Å². The third-order valence-electron chi connectivity index (χ3n) is 2.83. The molecule has 8 heteroatoms. The van der Waals surface area contributed by atoms with Gasteiger partial charge in [-0.3, -0.25) is 10.1 Å². The number of aliphatic carboxylic acids is 1. The number of carboxylic acids is 1. The molecule has 2 rings (SSSR count). The molecule has 1 atom stereocenters. The van der Waals surface area contributed by atoms with Crippen LogP contribution in [-0.4, -0.2) is 22.1 Å². The van der Waals surface area contributed by atoms with Crippen molar-refractivity contribution in [2.45, 2.75) is 13.0 Å². The van der Waals surface area contributed by atoms with E-state index in [0.29, 0.717) is 10.8 Å². The van der Waals surface area contributed by atoms with Crippen LogP contribution in [0.4, 0.5) is 5.69 Å². The van der Waals surface area contributed by atoms with E-state index in [2.05, 4.69) is 0 Å². The summed E-state index contributed by atoms with van der Waals surface area (Å²) >= 11 is 5.78. The number of nitrogens with zero attached hydrogens (tertiary/aromatic N) is 1. The maximum atomic E-state index is 11.0. The molecule has 7 nitrogen and oxygen atoms in total. The molecule has 0 aliphatic carbocycles. The number of hydrogen-bond donors (Lipinski definition) is 1. The zero-order valence-electron chi connectivity index (χ0n) is 11.9. The van der Waals surface area contributed by atoms with Gasteiger partial charge in [0.15, 0.2) is 6.10 Å². The van der Waals surface area contributed by atoms with Crippen LogP contribution in [0.3, 0.4) is 0 Å². The zero-order valence-corrected chi connectivity index (χ0v) is 12.7. The van der Waals surface area contributed by atoms with Gasteiger partial charge < -0.3 is 14.6 Å². The maximum absolute atomic E-state index is 11.0. The first kappa shape index (κ1) is 16.6. The summed E-state index contributed by atoms with van der Waals surface area (Å²) < 4.78 is 10.7. The van der Waals surface area contributed by atoms with Crippen LogP contribution in [0.15, 0.2) is 42.5 Å². The van der Waals surface area contributed by atoms with Crippen LogP contribution in [0, 0.1) is 10.1 Å². The van der Waals surface area contributed by atoms with Crippen LogP contribution in [0.5, 0.6) is 17.2 Å². The van der Waals surface area contributed by atoms with Crippen LogP contribution in [-0.2, 0) is 4.79 Å². The van der Waals surface area contributed by atoms with E-state index in [-0.39, 0.29) is 17.2 Å². The van der Waals surface area contributed by atoms with E-state index in [9.17, 15) is 14.9 Å². The highest BCUT2D eigenvalue weighted by Crippen LogP contribution is 2.34. The van der Waals surface area contributed by atoms with E-state index in [1.165, 1.54) is 25.1 Å². The lowest BCUT2D eigenvalue weighted by Gasteiger charge is -2.12. The quantitative estimate of drug-likeness (QED) is 0.634. The van der Waals surface area contributed by atoms with Gasteiger partial charge in [0.1, 0.15) is 11.5 Å². The van der Waals surface area contributed by atoms with Crippen molar-refractivity contribution in [3.8, 4) is 17.2 Å². The van der Waals surface area contributed by atoms with Gasteiger partial charge in [0.2, 0.25) is 5.75 Å². The number of halogens is 1. The molecule has 0 spiro atoms. The molecule has 0 bridgehead atoms. The van der Waals surface area contributed by atoms with Crippen LogP contribution in [0.25, 0.3) is 0 Å². The monoisotopic (exact) mass is 337 g/mol. The molecule has 0 heterocycles. The molecular weight excluding hydrogens is 326 g/mol. The molecule has 1 unspecified atom stereocenters. The second-order valence-corrected chi connectivity index (χ2v) is 4.98. The van der Waals surface area contributed by atoms with Gasteiger partial charge in [-0.2, -0.15) is 0 Å². The van der Waals surface area contributed by atoms with Crippen molar-refractivity contribution in [3.05, 3.63) is 57.6 Å². The fourth-order valence-corrected chi connectivity index (χ4v) is 1.81. The number of rotatable bonds is 6. The van der Waals surface area contributed by atoms with Gasteiger partial charge in [0.25, 0.3) is 0 Å². The molecule has 2 aromatic carbocycles. The number of carboxylic acid groups (broad SMARTS) is 1. The van der Waals surface area contributed by atoms with Gasteiger partial charge in [0, 0.05) is 17.2 Å². The van der Waals surface area contributed by atoms with E-state index in [1.807, 2.05) is 0 Å². The number of nitro benzene ring substituents is 1. The number of benzene rings is 2. The van der Waals surface area contributed by atoms with Gasteiger partial charge >= 0.3 is 11.7 Å². The summed E-state index contributed by atoms with van der Waals surface area (Å²) in [5, 5.41) is 20.4. The lowest BCUT2D eigenvalue weighted by Crippen LogP contribution is -2.23. The Labute approximate surface area is 136 Å². The first-order chi connectivity index (χ1) is 10.9. The topological polar surface area (TPSA) is 98.9 Å². The van der Waals surface area contributed by atoms with Crippen molar-refractivity contribution in [1.82, 2.24) is 0 Å². The molecule has 2 aromatic rings. The summed E-state index contributed by atoms with van der Waals surface area (Å²) in [4.78, 5) is 21.2.